The summed E-state index contributed by atoms with van der Waals surface area (Å²) < 4.78 is 0. The van der Waals surface area contributed by atoms with Crippen LogP contribution in [0.15, 0.2) is 18.2 Å². The summed E-state index contributed by atoms with van der Waals surface area (Å²) in [6.45, 7) is 5.47. The maximum absolute atomic E-state index is 11.8. The molecule has 0 unspecified atom stereocenters. The van der Waals surface area contributed by atoms with Gasteiger partial charge >= 0.3 is 0 Å². The zero-order chi connectivity index (χ0) is 12.8. The van der Waals surface area contributed by atoms with Crippen molar-refractivity contribution in [3.63, 3.8) is 0 Å². The monoisotopic (exact) mass is 273 g/mol. The van der Waals surface area contributed by atoms with Crippen LogP contribution in [0.1, 0.15) is 25.8 Å². The van der Waals surface area contributed by atoms with Crippen molar-refractivity contribution in [3.8, 4) is 0 Å². The van der Waals surface area contributed by atoms with Crippen LogP contribution in [0, 0.1) is 0 Å². The fraction of sp³-hybridized carbons (Fsp3) is 0.462. The van der Waals surface area contributed by atoms with E-state index in [9.17, 15) is 4.79 Å². The Morgan fingerprint density at radius 1 is 1.24 bits per heavy atom. The van der Waals surface area contributed by atoms with E-state index in [0.717, 1.165) is 18.7 Å². The average molecular weight is 274 g/mol. The van der Waals surface area contributed by atoms with Crippen molar-refractivity contribution in [3.05, 3.63) is 33.8 Å². The maximum Gasteiger partial charge on any atom is 0.222 e. The molecule has 1 aromatic rings. The Morgan fingerprint density at radius 3 is 2.41 bits per heavy atom. The quantitative estimate of drug-likeness (QED) is 0.799. The summed E-state index contributed by atoms with van der Waals surface area (Å²) in [7, 11) is 0. The van der Waals surface area contributed by atoms with Gasteiger partial charge in [0.15, 0.2) is 0 Å². The molecule has 0 radical (unpaired) electrons. The van der Waals surface area contributed by atoms with E-state index in [1.165, 1.54) is 0 Å². The minimum absolute atomic E-state index is 0.168. The molecular formula is C13H17Cl2NO. The molecule has 17 heavy (non-hydrogen) atoms. The molecular weight excluding hydrogens is 257 g/mol. The molecule has 4 heteroatoms. The fourth-order valence-electron chi connectivity index (χ4n) is 1.70. The molecule has 0 atom stereocenters. The highest BCUT2D eigenvalue weighted by Gasteiger charge is 2.10. The molecule has 1 amide bonds. The lowest BCUT2D eigenvalue weighted by molar-refractivity contribution is -0.130. The van der Waals surface area contributed by atoms with Gasteiger partial charge in [-0.25, -0.2) is 0 Å². The normalized spacial score (nSPS) is 10.4. The fourth-order valence-corrected chi connectivity index (χ4v) is 2.20. The number of hydrogen-bond donors (Lipinski definition) is 0. The molecule has 0 saturated heterocycles. The summed E-state index contributed by atoms with van der Waals surface area (Å²) in [5.74, 6) is 0.168. The second-order valence-corrected chi connectivity index (χ2v) is 4.65. The van der Waals surface area contributed by atoms with Crippen molar-refractivity contribution in [2.24, 2.45) is 0 Å². The summed E-state index contributed by atoms with van der Waals surface area (Å²) in [6, 6.07) is 5.38. The molecule has 0 aliphatic carbocycles. The van der Waals surface area contributed by atoms with E-state index in [2.05, 4.69) is 0 Å². The topological polar surface area (TPSA) is 20.3 Å². The van der Waals surface area contributed by atoms with E-state index in [0.29, 0.717) is 22.9 Å². The van der Waals surface area contributed by atoms with Gasteiger partial charge in [-0.1, -0.05) is 29.3 Å². The highest BCUT2D eigenvalue weighted by Crippen LogP contribution is 2.22. The SMILES string of the molecule is CCN(CC)C(=O)CCc1ccc(Cl)cc1Cl. The molecule has 0 aromatic heterocycles. The lowest BCUT2D eigenvalue weighted by atomic mass is 10.1. The molecule has 0 heterocycles. The van der Waals surface area contributed by atoms with Crippen molar-refractivity contribution in [2.45, 2.75) is 26.7 Å². The number of amides is 1. The third kappa shape index (κ3) is 4.21. The van der Waals surface area contributed by atoms with Crippen LogP contribution in [-0.2, 0) is 11.2 Å². The molecule has 2 nitrogen and oxygen atoms in total. The zero-order valence-electron chi connectivity index (χ0n) is 10.2. The standard InChI is InChI=1S/C13H17Cl2NO/c1-3-16(4-2)13(17)8-6-10-5-7-11(14)9-12(10)15/h5,7,9H,3-4,6,8H2,1-2H3. The number of carbonyl (C=O) groups excluding carboxylic acids is 1. The molecule has 0 aliphatic heterocycles. The van der Waals surface area contributed by atoms with Crippen LogP contribution in [0.3, 0.4) is 0 Å². The molecule has 0 N–H and O–H groups in total. The van der Waals surface area contributed by atoms with Crippen molar-refractivity contribution in [2.75, 3.05) is 13.1 Å². The van der Waals surface area contributed by atoms with Gasteiger partial charge in [-0.3, -0.25) is 4.79 Å². The number of carbonyl (C=O) groups is 1. The van der Waals surface area contributed by atoms with E-state index in [1.54, 1.807) is 12.1 Å². The van der Waals surface area contributed by atoms with Gasteiger partial charge in [-0.05, 0) is 38.0 Å². The van der Waals surface area contributed by atoms with Gasteiger partial charge in [0.1, 0.15) is 0 Å². The van der Waals surface area contributed by atoms with E-state index in [-0.39, 0.29) is 5.91 Å². The van der Waals surface area contributed by atoms with Crippen LogP contribution < -0.4 is 0 Å². The molecule has 0 spiro atoms. The molecule has 0 bridgehead atoms. The van der Waals surface area contributed by atoms with Gasteiger partial charge in [-0.2, -0.15) is 0 Å². The Bertz CT molecular complexity index is 389. The molecule has 0 fully saturated rings. The third-order valence-corrected chi connectivity index (χ3v) is 3.33. The number of aryl methyl sites for hydroxylation is 1. The Kier molecular flexibility index (Phi) is 5.79. The van der Waals surface area contributed by atoms with Crippen molar-refractivity contribution in [1.82, 2.24) is 4.90 Å². The van der Waals surface area contributed by atoms with E-state index >= 15 is 0 Å². The summed E-state index contributed by atoms with van der Waals surface area (Å²) in [4.78, 5) is 13.6. The predicted octanol–water partition coefficient (Wildman–Crippen LogP) is 3.79. The van der Waals surface area contributed by atoms with Crippen molar-refractivity contribution >= 4 is 29.1 Å². The second kappa shape index (κ2) is 6.87. The molecule has 0 aliphatic rings. The predicted molar refractivity (Wildman–Crippen MR) is 72.7 cm³/mol. The Balaban J connectivity index is 2.58. The van der Waals surface area contributed by atoms with Crippen LogP contribution in [0.25, 0.3) is 0 Å². The lowest BCUT2D eigenvalue weighted by Gasteiger charge is -2.18. The molecule has 0 saturated carbocycles. The largest absolute Gasteiger partial charge is 0.343 e. The first-order chi connectivity index (χ1) is 8.08. The smallest absolute Gasteiger partial charge is 0.222 e. The highest BCUT2D eigenvalue weighted by atomic mass is 35.5. The molecule has 94 valence electrons. The Hall–Kier alpha value is -0.730. The van der Waals surface area contributed by atoms with Gasteiger partial charge < -0.3 is 4.90 Å². The number of halogens is 2. The first kappa shape index (κ1) is 14.3. The van der Waals surface area contributed by atoms with Gasteiger partial charge in [0.25, 0.3) is 0 Å². The number of benzene rings is 1. The maximum atomic E-state index is 11.8. The summed E-state index contributed by atoms with van der Waals surface area (Å²) in [5, 5.41) is 1.25. The summed E-state index contributed by atoms with van der Waals surface area (Å²) >= 11 is 11.9. The minimum atomic E-state index is 0.168. The van der Waals surface area contributed by atoms with Crippen LogP contribution in [0.4, 0.5) is 0 Å². The Labute approximate surface area is 113 Å². The van der Waals surface area contributed by atoms with Gasteiger partial charge in [0.2, 0.25) is 5.91 Å². The number of nitrogens with zero attached hydrogens (tertiary/aromatic N) is 1. The lowest BCUT2D eigenvalue weighted by Crippen LogP contribution is -2.30. The van der Waals surface area contributed by atoms with Crippen molar-refractivity contribution in [1.29, 1.82) is 0 Å². The highest BCUT2D eigenvalue weighted by molar-refractivity contribution is 6.35. The van der Waals surface area contributed by atoms with Crippen LogP contribution in [-0.4, -0.2) is 23.9 Å². The van der Waals surface area contributed by atoms with Gasteiger partial charge in [0, 0.05) is 29.6 Å². The summed E-state index contributed by atoms with van der Waals surface area (Å²) in [6.07, 6.45) is 1.15. The van der Waals surface area contributed by atoms with E-state index in [1.807, 2.05) is 24.8 Å². The number of rotatable bonds is 5. The summed E-state index contributed by atoms with van der Waals surface area (Å²) in [5.41, 5.74) is 0.969. The van der Waals surface area contributed by atoms with Crippen molar-refractivity contribution < 1.29 is 4.79 Å². The first-order valence-corrected chi connectivity index (χ1v) is 6.55. The second-order valence-electron chi connectivity index (χ2n) is 3.80. The van der Waals surface area contributed by atoms with Gasteiger partial charge in [0.05, 0.1) is 0 Å². The van der Waals surface area contributed by atoms with Crippen LogP contribution >= 0.6 is 23.2 Å². The minimum Gasteiger partial charge on any atom is -0.343 e. The van der Waals surface area contributed by atoms with E-state index < -0.39 is 0 Å². The molecule has 1 aromatic carbocycles. The first-order valence-electron chi connectivity index (χ1n) is 5.80. The van der Waals surface area contributed by atoms with Gasteiger partial charge in [-0.15, -0.1) is 0 Å². The number of hydrogen-bond acceptors (Lipinski definition) is 1. The molecule has 1 rings (SSSR count). The average Bonchev–Trinajstić information content (AvgIpc) is 2.29. The van der Waals surface area contributed by atoms with Crippen LogP contribution in [0.5, 0.6) is 0 Å². The Morgan fingerprint density at radius 2 is 1.88 bits per heavy atom. The third-order valence-electron chi connectivity index (χ3n) is 2.74. The van der Waals surface area contributed by atoms with Crippen LogP contribution in [0.2, 0.25) is 10.0 Å². The zero-order valence-corrected chi connectivity index (χ0v) is 11.7. The van der Waals surface area contributed by atoms with E-state index in [4.69, 9.17) is 23.2 Å².